The molecule has 0 saturated heterocycles. The van der Waals surface area contributed by atoms with E-state index < -0.39 is 23.9 Å². The molecule has 1 aliphatic rings. The first-order valence-electron chi connectivity index (χ1n) is 6.04. The Balaban J connectivity index is 2.00. The Labute approximate surface area is 109 Å². The summed E-state index contributed by atoms with van der Waals surface area (Å²) in [5.41, 5.74) is 1.03. The predicted molar refractivity (Wildman–Crippen MR) is 67.4 cm³/mol. The summed E-state index contributed by atoms with van der Waals surface area (Å²) in [5, 5.41) is 13.9. The largest absolute Gasteiger partial charge is 0.480 e. The van der Waals surface area contributed by atoms with E-state index >= 15 is 0 Å². The SMILES string of the molecule is Cc1ccc(F)cc1NC(=O)NC(C(=O)O)C1CC1. The number of amides is 2. The highest BCUT2D eigenvalue weighted by Gasteiger charge is 2.37. The third-order valence-corrected chi connectivity index (χ3v) is 3.09. The highest BCUT2D eigenvalue weighted by Crippen LogP contribution is 2.32. The number of aliphatic carboxylic acids is 1. The Hall–Kier alpha value is -2.11. The summed E-state index contributed by atoms with van der Waals surface area (Å²) >= 11 is 0. The summed E-state index contributed by atoms with van der Waals surface area (Å²) in [4.78, 5) is 22.7. The summed E-state index contributed by atoms with van der Waals surface area (Å²) < 4.78 is 13.1. The van der Waals surface area contributed by atoms with E-state index in [4.69, 9.17) is 5.11 Å². The fourth-order valence-electron chi connectivity index (χ4n) is 1.84. The van der Waals surface area contributed by atoms with Crippen LogP contribution in [0.4, 0.5) is 14.9 Å². The normalized spacial score (nSPS) is 15.7. The van der Waals surface area contributed by atoms with E-state index in [2.05, 4.69) is 10.6 Å². The lowest BCUT2D eigenvalue weighted by atomic mass is 10.2. The second-order valence-corrected chi connectivity index (χ2v) is 4.71. The first-order chi connectivity index (χ1) is 8.97. The van der Waals surface area contributed by atoms with Gasteiger partial charge in [0.25, 0.3) is 0 Å². The predicted octanol–water partition coefficient (Wildman–Crippen LogP) is 2.12. The lowest BCUT2D eigenvalue weighted by molar-refractivity contribution is -0.139. The van der Waals surface area contributed by atoms with Gasteiger partial charge in [0.1, 0.15) is 11.9 Å². The van der Waals surface area contributed by atoms with Gasteiger partial charge in [-0.25, -0.2) is 14.0 Å². The molecule has 1 aliphatic carbocycles. The molecule has 3 N–H and O–H groups in total. The fourth-order valence-corrected chi connectivity index (χ4v) is 1.84. The molecular formula is C13H15FN2O3. The molecule has 0 aromatic heterocycles. The molecule has 1 saturated carbocycles. The molecule has 0 aliphatic heterocycles. The average Bonchev–Trinajstić information content (AvgIpc) is 3.14. The number of carbonyl (C=O) groups excluding carboxylic acids is 1. The Morgan fingerprint density at radius 2 is 2.11 bits per heavy atom. The van der Waals surface area contributed by atoms with Crippen LogP contribution in [-0.4, -0.2) is 23.1 Å². The topological polar surface area (TPSA) is 78.4 Å². The molecule has 2 rings (SSSR count). The van der Waals surface area contributed by atoms with Crippen LogP contribution in [0.25, 0.3) is 0 Å². The molecule has 1 atom stereocenters. The number of carboxylic acids is 1. The van der Waals surface area contributed by atoms with Crippen LogP contribution >= 0.6 is 0 Å². The lowest BCUT2D eigenvalue weighted by Gasteiger charge is -2.15. The van der Waals surface area contributed by atoms with Crippen LogP contribution < -0.4 is 10.6 Å². The molecule has 0 bridgehead atoms. The third kappa shape index (κ3) is 3.43. The van der Waals surface area contributed by atoms with Gasteiger partial charge in [0.05, 0.1) is 0 Å². The number of halogens is 1. The van der Waals surface area contributed by atoms with Crippen LogP contribution in [0.2, 0.25) is 0 Å². The minimum atomic E-state index is -1.05. The lowest BCUT2D eigenvalue weighted by Crippen LogP contribution is -2.44. The quantitative estimate of drug-likeness (QED) is 0.781. The first kappa shape index (κ1) is 13.3. The average molecular weight is 266 g/mol. The summed E-state index contributed by atoms with van der Waals surface area (Å²) in [6.07, 6.45) is 1.60. The summed E-state index contributed by atoms with van der Waals surface area (Å²) in [6, 6.07) is 2.52. The molecule has 1 unspecified atom stereocenters. The monoisotopic (exact) mass is 266 g/mol. The maximum absolute atomic E-state index is 13.1. The number of rotatable bonds is 4. The van der Waals surface area contributed by atoms with Crippen LogP contribution in [0.3, 0.4) is 0 Å². The molecule has 19 heavy (non-hydrogen) atoms. The highest BCUT2D eigenvalue weighted by atomic mass is 19.1. The van der Waals surface area contributed by atoms with Gasteiger partial charge in [-0.05, 0) is 43.4 Å². The number of hydrogen-bond acceptors (Lipinski definition) is 2. The van der Waals surface area contributed by atoms with Gasteiger partial charge in [0, 0.05) is 5.69 Å². The third-order valence-electron chi connectivity index (χ3n) is 3.09. The summed E-state index contributed by atoms with van der Waals surface area (Å²) in [7, 11) is 0. The van der Waals surface area contributed by atoms with Gasteiger partial charge in [-0.15, -0.1) is 0 Å². The molecule has 0 spiro atoms. The van der Waals surface area contributed by atoms with E-state index in [1.807, 2.05) is 0 Å². The Kier molecular flexibility index (Phi) is 3.69. The molecule has 1 fully saturated rings. The first-order valence-corrected chi connectivity index (χ1v) is 6.04. The number of carbonyl (C=O) groups is 2. The number of anilines is 1. The van der Waals surface area contributed by atoms with Crippen molar-refractivity contribution >= 4 is 17.7 Å². The Morgan fingerprint density at radius 3 is 2.68 bits per heavy atom. The van der Waals surface area contributed by atoms with Crippen molar-refractivity contribution in [1.29, 1.82) is 0 Å². The number of carboxylic acid groups (broad SMARTS) is 1. The van der Waals surface area contributed by atoms with Crippen molar-refractivity contribution in [3.05, 3.63) is 29.6 Å². The minimum Gasteiger partial charge on any atom is -0.480 e. The second-order valence-electron chi connectivity index (χ2n) is 4.71. The number of benzene rings is 1. The van der Waals surface area contributed by atoms with Gasteiger partial charge in [-0.3, -0.25) is 0 Å². The van der Waals surface area contributed by atoms with Crippen LogP contribution in [0, 0.1) is 18.7 Å². The van der Waals surface area contributed by atoms with E-state index in [1.54, 1.807) is 13.0 Å². The fraction of sp³-hybridized carbons (Fsp3) is 0.385. The molecular weight excluding hydrogens is 251 g/mol. The zero-order valence-electron chi connectivity index (χ0n) is 10.4. The Morgan fingerprint density at radius 1 is 1.42 bits per heavy atom. The van der Waals surface area contributed by atoms with Gasteiger partial charge >= 0.3 is 12.0 Å². The van der Waals surface area contributed by atoms with E-state index in [1.165, 1.54) is 12.1 Å². The van der Waals surface area contributed by atoms with Crippen molar-refractivity contribution in [2.24, 2.45) is 5.92 Å². The molecule has 5 nitrogen and oxygen atoms in total. The maximum Gasteiger partial charge on any atom is 0.326 e. The van der Waals surface area contributed by atoms with Crippen molar-refractivity contribution in [3.63, 3.8) is 0 Å². The molecule has 1 aromatic carbocycles. The van der Waals surface area contributed by atoms with Crippen LogP contribution in [0.5, 0.6) is 0 Å². The van der Waals surface area contributed by atoms with Crippen molar-refractivity contribution in [2.75, 3.05) is 5.32 Å². The van der Waals surface area contributed by atoms with Crippen LogP contribution in [0.15, 0.2) is 18.2 Å². The number of aryl methyl sites for hydroxylation is 1. The molecule has 6 heteroatoms. The van der Waals surface area contributed by atoms with Crippen LogP contribution in [0.1, 0.15) is 18.4 Å². The van der Waals surface area contributed by atoms with Gasteiger partial charge in [-0.1, -0.05) is 6.07 Å². The van der Waals surface area contributed by atoms with Crippen molar-refractivity contribution in [3.8, 4) is 0 Å². The number of nitrogens with one attached hydrogen (secondary N) is 2. The minimum absolute atomic E-state index is 0.00291. The van der Waals surface area contributed by atoms with Crippen molar-refractivity contribution in [1.82, 2.24) is 5.32 Å². The van der Waals surface area contributed by atoms with Gasteiger partial charge < -0.3 is 15.7 Å². The van der Waals surface area contributed by atoms with Crippen molar-refractivity contribution in [2.45, 2.75) is 25.8 Å². The summed E-state index contributed by atoms with van der Waals surface area (Å²) in [5.74, 6) is -1.51. The van der Waals surface area contributed by atoms with Gasteiger partial charge in [0.2, 0.25) is 0 Å². The zero-order valence-corrected chi connectivity index (χ0v) is 10.4. The molecule has 0 radical (unpaired) electrons. The van der Waals surface area contributed by atoms with E-state index in [0.29, 0.717) is 11.3 Å². The smallest absolute Gasteiger partial charge is 0.326 e. The van der Waals surface area contributed by atoms with E-state index in [-0.39, 0.29) is 5.92 Å². The molecule has 2 amide bonds. The number of urea groups is 1. The standard InChI is InChI=1S/C13H15FN2O3/c1-7-2-5-9(14)6-10(7)15-13(19)16-11(12(17)18)8-3-4-8/h2,5-6,8,11H,3-4H2,1H3,(H,17,18)(H2,15,16,19). The van der Waals surface area contributed by atoms with Gasteiger partial charge in [-0.2, -0.15) is 0 Å². The number of hydrogen-bond donors (Lipinski definition) is 3. The second kappa shape index (κ2) is 5.26. The summed E-state index contributed by atoms with van der Waals surface area (Å²) in [6.45, 7) is 1.73. The van der Waals surface area contributed by atoms with E-state index in [9.17, 15) is 14.0 Å². The molecule has 0 heterocycles. The van der Waals surface area contributed by atoms with Gasteiger partial charge in [0.15, 0.2) is 0 Å². The Bertz CT molecular complexity index is 515. The van der Waals surface area contributed by atoms with E-state index in [0.717, 1.165) is 12.8 Å². The molecule has 1 aromatic rings. The zero-order chi connectivity index (χ0) is 14.0. The highest BCUT2D eigenvalue weighted by molar-refractivity contribution is 5.93. The molecule has 102 valence electrons. The maximum atomic E-state index is 13.1. The van der Waals surface area contributed by atoms with Crippen LogP contribution in [-0.2, 0) is 4.79 Å². The van der Waals surface area contributed by atoms with Crippen molar-refractivity contribution < 1.29 is 19.1 Å².